The molecule has 0 atom stereocenters. The summed E-state index contributed by atoms with van der Waals surface area (Å²) in [5.74, 6) is -0.866. The Bertz CT molecular complexity index is 2170. The van der Waals surface area contributed by atoms with Gasteiger partial charge in [0, 0.05) is 28.1 Å². The molecule has 2 amide bonds. The van der Waals surface area contributed by atoms with Gasteiger partial charge in [0.2, 0.25) is 0 Å². The average Bonchev–Trinajstić information content (AvgIpc) is 3.62. The number of nitriles is 1. The molecule has 11 heteroatoms. The summed E-state index contributed by atoms with van der Waals surface area (Å²) >= 11 is 8.19. The molecule has 0 unspecified atom stereocenters. The van der Waals surface area contributed by atoms with Crippen LogP contribution in [0, 0.1) is 11.3 Å². The normalized spacial score (nSPS) is 12.9. The molecule has 1 aliphatic heterocycles. The molecule has 1 aliphatic rings. The van der Waals surface area contributed by atoms with E-state index in [0.717, 1.165) is 25.6 Å². The lowest BCUT2D eigenvalue weighted by Gasteiger charge is -2.15. The van der Waals surface area contributed by atoms with Gasteiger partial charge >= 0.3 is 0 Å². The highest BCUT2D eigenvalue weighted by atomic mass is 35.5. The predicted molar refractivity (Wildman–Crippen MR) is 156 cm³/mol. The number of aryl methyl sites for hydroxylation is 1. The number of rotatable bonds is 4. The zero-order valence-corrected chi connectivity index (χ0v) is 22.9. The number of thiophene rings is 1. The van der Waals surface area contributed by atoms with Crippen LogP contribution in [0.3, 0.4) is 0 Å². The van der Waals surface area contributed by atoms with Crippen LogP contribution in [0.15, 0.2) is 71.7 Å². The SMILES string of the molecule is Cn1ncc(-c2cc(Cl)c3c(=O)[nH]nc(CN4C(=O)c5ccccc5C4=O)c3c2)c1-c1sc2ccccc2c1C#N. The molecular weight excluding hydrogens is 560 g/mol. The van der Waals surface area contributed by atoms with E-state index in [1.165, 1.54) is 11.3 Å². The second kappa shape index (κ2) is 9.23. The Morgan fingerprint density at radius 3 is 2.41 bits per heavy atom. The number of nitrogens with one attached hydrogen (secondary N) is 1. The van der Waals surface area contributed by atoms with Crippen LogP contribution < -0.4 is 5.56 Å². The van der Waals surface area contributed by atoms with E-state index >= 15 is 0 Å². The number of amides is 2. The fraction of sp³-hybridized carbons (Fsp3) is 0.0667. The van der Waals surface area contributed by atoms with Gasteiger partial charge in [-0.1, -0.05) is 41.9 Å². The van der Waals surface area contributed by atoms with E-state index < -0.39 is 17.4 Å². The largest absolute Gasteiger partial charge is 0.273 e. The van der Waals surface area contributed by atoms with Gasteiger partial charge in [-0.25, -0.2) is 5.10 Å². The monoisotopic (exact) mass is 576 g/mol. The van der Waals surface area contributed by atoms with E-state index in [4.69, 9.17) is 11.6 Å². The first-order valence-corrected chi connectivity index (χ1v) is 13.7. The molecule has 0 spiro atoms. The van der Waals surface area contributed by atoms with E-state index in [2.05, 4.69) is 21.4 Å². The first-order chi connectivity index (χ1) is 19.9. The summed E-state index contributed by atoms with van der Waals surface area (Å²) in [6.07, 6.45) is 1.68. The summed E-state index contributed by atoms with van der Waals surface area (Å²) in [5.41, 5.74) is 3.07. The van der Waals surface area contributed by atoms with Gasteiger partial charge in [-0.05, 0) is 35.9 Å². The van der Waals surface area contributed by atoms with Crippen LogP contribution in [-0.2, 0) is 13.6 Å². The molecule has 4 heterocycles. The van der Waals surface area contributed by atoms with Crippen molar-refractivity contribution >= 4 is 55.6 Å². The number of hydrogen-bond donors (Lipinski definition) is 1. The van der Waals surface area contributed by atoms with Crippen molar-refractivity contribution in [3.63, 3.8) is 0 Å². The number of halogens is 1. The summed E-state index contributed by atoms with van der Waals surface area (Å²) < 4.78 is 2.68. The Labute approximate surface area is 240 Å². The Morgan fingerprint density at radius 1 is 0.976 bits per heavy atom. The van der Waals surface area contributed by atoms with E-state index in [-0.39, 0.29) is 17.0 Å². The van der Waals surface area contributed by atoms with Gasteiger partial charge in [0.1, 0.15) is 6.07 Å². The minimum atomic E-state index is -0.495. The van der Waals surface area contributed by atoms with Crippen LogP contribution in [-0.4, -0.2) is 36.7 Å². The zero-order chi connectivity index (χ0) is 28.4. The summed E-state index contributed by atoms with van der Waals surface area (Å²) in [6.45, 7) is -0.159. The number of fused-ring (bicyclic) bond motifs is 3. The molecule has 7 rings (SSSR count). The van der Waals surface area contributed by atoms with Gasteiger partial charge in [-0.15, -0.1) is 11.3 Å². The quantitative estimate of drug-likeness (QED) is 0.275. The smallest absolute Gasteiger partial charge is 0.269 e. The van der Waals surface area contributed by atoms with Crippen molar-refractivity contribution in [2.45, 2.75) is 6.54 Å². The van der Waals surface area contributed by atoms with Crippen LogP contribution in [0.5, 0.6) is 0 Å². The third kappa shape index (κ3) is 3.71. The van der Waals surface area contributed by atoms with Gasteiger partial charge in [-0.2, -0.15) is 15.5 Å². The van der Waals surface area contributed by atoms with Gasteiger partial charge in [0.05, 0.1) is 56.1 Å². The highest BCUT2D eigenvalue weighted by Crippen LogP contribution is 2.43. The Kier molecular flexibility index (Phi) is 5.61. The number of hydrogen-bond acceptors (Lipinski definition) is 7. The maximum atomic E-state index is 13.1. The van der Waals surface area contributed by atoms with Crippen molar-refractivity contribution in [1.82, 2.24) is 24.9 Å². The third-order valence-electron chi connectivity index (χ3n) is 7.28. The number of carbonyl (C=O) groups excluding carboxylic acids is 2. The van der Waals surface area contributed by atoms with Crippen molar-refractivity contribution in [2.24, 2.45) is 7.05 Å². The van der Waals surface area contributed by atoms with Gasteiger partial charge in [0.15, 0.2) is 0 Å². The lowest BCUT2D eigenvalue weighted by Crippen LogP contribution is -2.30. The van der Waals surface area contributed by atoms with Crippen molar-refractivity contribution < 1.29 is 9.59 Å². The number of benzene rings is 3. The van der Waals surface area contributed by atoms with Crippen LogP contribution in [0.1, 0.15) is 32.0 Å². The van der Waals surface area contributed by atoms with Gasteiger partial charge in [0.25, 0.3) is 17.4 Å². The van der Waals surface area contributed by atoms with Crippen LogP contribution in [0.4, 0.5) is 0 Å². The Morgan fingerprint density at radius 2 is 1.68 bits per heavy atom. The summed E-state index contributed by atoms with van der Waals surface area (Å²) in [5, 5.41) is 22.8. The minimum Gasteiger partial charge on any atom is -0.269 e. The molecule has 3 aromatic heterocycles. The van der Waals surface area contributed by atoms with E-state index in [1.54, 1.807) is 54.3 Å². The van der Waals surface area contributed by atoms with Gasteiger partial charge < -0.3 is 0 Å². The number of carbonyl (C=O) groups is 2. The van der Waals surface area contributed by atoms with E-state index in [1.807, 2.05) is 24.3 Å². The molecule has 0 bridgehead atoms. The van der Waals surface area contributed by atoms with Crippen LogP contribution >= 0.6 is 22.9 Å². The Balaban J connectivity index is 1.40. The molecule has 6 aromatic rings. The second-order valence-corrected chi connectivity index (χ2v) is 11.0. The standard InChI is InChI=1S/C30H17ClN6O3S/c1-36-26(27-20(12-32)16-6-4-5-9-24(16)41-27)21(13-33-36)15-10-19-23(34-35-28(38)25(19)22(31)11-15)14-37-29(39)17-7-2-3-8-18(17)30(37)40/h2-11,13H,14H2,1H3,(H,35,38). The summed E-state index contributed by atoms with van der Waals surface area (Å²) in [7, 11) is 1.80. The summed E-state index contributed by atoms with van der Waals surface area (Å²) in [6, 6.07) is 20.1. The molecule has 3 aromatic carbocycles. The molecule has 0 radical (unpaired) electrons. The number of imide groups is 1. The molecule has 9 nitrogen and oxygen atoms in total. The molecule has 0 aliphatic carbocycles. The molecule has 0 fully saturated rings. The number of aromatic amines is 1. The van der Waals surface area contributed by atoms with Crippen molar-refractivity contribution in [3.8, 4) is 27.8 Å². The number of H-pyrrole nitrogens is 1. The summed E-state index contributed by atoms with van der Waals surface area (Å²) in [4.78, 5) is 40.8. The molecule has 1 N–H and O–H groups in total. The zero-order valence-electron chi connectivity index (χ0n) is 21.3. The molecule has 0 saturated carbocycles. The highest BCUT2D eigenvalue weighted by Gasteiger charge is 2.36. The first-order valence-electron chi connectivity index (χ1n) is 12.5. The Hall–Kier alpha value is -5.11. The van der Waals surface area contributed by atoms with Crippen molar-refractivity contribution in [2.75, 3.05) is 0 Å². The van der Waals surface area contributed by atoms with Crippen molar-refractivity contribution in [1.29, 1.82) is 5.26 Å². The van der Waals surface area contributed by atoms with E-state index in [0.29, 0.717) is 38.9 Å². The average molecular weight is 577 g/mol. The number of nitrogens with zero attached hydrogens (tertiary/aromatic N) is 5. The number of aromatic nitrogens is 4. The van der Waals surface area contributed by atoms with Crippen LogP contribution in [0.25, 0.3) is 42.6 Å². The first kappa shape index (κ1) is 24.9. The predicted octanol–water partition coefficient (Wildman–Crippen LogP) is 5.53. The minimum absolute atomic E-state index is 0.159. The maximum absolute atomic E-state index is 13.1. The fourth-order valence-electron chi connectivity index (χ4n) is 5.35. The van der Waals surface area contributed by atoms with Crippen molar-refractivity contribution in [3.05, 3.63) is 105 Å². The molecule has 41 heavy (non-hydrogen) atoms. The molecular formula is C30H17ClN6O3S. The van der Waals surface area contributed by atoms with E-state index in [9.17, 15) is 19.6 Å². The highest BCUT2D eigenvalue weighted by molar-refractivity contribution is 7.22. The fourth-order valence-corrected chi connectivity index (χ4v) is 6.90. The maximum Gasteiger partial charge on any atom is 0.273 e. The lowest BCUT2D eigenvalue weighted by molar-refractivity contribution is 0.0640. The third-order valence-corrected chi connectivity index (χ3v) is 8.75. The topological polar surface area (TPSA) is 125 Å². The lowest BCUT2D eigenvalue weighted by atomic mass is 9.99. The molecule has 198 valence electrons. The van der Waals surface area contributed by atoms with Crippen LogP contribution in [0.2, 0.25) is 5.02 Å². The second-order valence-electron chi connectivity index (χ2n) is 9.57. The van der Waals surface area contributed by atoms with Gasteiger partial charge in [-0.3, -0.25) is 24.0 Å². The molecule has 0 saturated heterocycles.